The molecule has 0 aliphatic carbocycles. The van der Waals surface area contributed by atoms with E-state index in [1.165, 1.54) is 5.56 Å². The maximum Gasteiger partial charge on any atom is 0.276 e. The summed E-state index contributed by atoms with van der Waals surface area (Å²) in [5.74, 6) is 1.18. The predicted octanol–water partition coefficient (Wildman–Crippen LogP) is 5.69. The molecule has 0 bridgehead atoms. The summed E-state index contributed by atoms with van der Waals surface area (Å²) in [5.41, 5.74) is 5.34. The van der Waals surface area contributed by atoms with Gasteiger partial charge in [-0.3, -0.25) is 4.79 Å². The normalized spacial score (nSPS) is 10.8. The van der Waals surface area contributed by atoms with Crippen LogP contribution in [0.3, 0.4) is 0 Å². The topological polar surface area (TPSA) is 83.2 Å². The standard InChI is InChI=1S/C29H27N5O3/c1-21-8-13-28(22(2)16-21)37-20-34-18-25(17-30-34)31-29(35)27-14-15-33(32-27)19-36-26-11-9-24(10-12-26)23-6-4-3-5-7-23/h3-18H,19-20H2,1-2H3,(H,31,35). The molecular weight excluding hydrogens is 466 g/mol. The van der Waals surface area contributed by atoms with Crippen LogP contribution in [0.25, 0.3) is 11.1 Å². The first-order valence-corrected chi connectivity index (χ1v) is 11.9. The lowest BCUT2D eigenvalue weighted by molar-refractivity contribution is 0.102. The largest absolute Gasteiger partial charge is 0.471 e. The molecule has 37 heavy (non-hydrogen) atoms. The highest BCUT2D eigenvalue weighted by atomic mass is 16.5. The molecular formula is C29H27N5O3. The Hall–Kier alpha value is -4.85. The summed E-state index contributed by atoms with van der Waals surface area (Å²) in [7, 11) is 0. The van der Waals surface area contributed by atoms with E-state index in [1.807, 2.05) is 68.4 Å². The molecule has 0 spiro atoms. The van der Waals surface area contributed by atoms with E-state index in [0.29, 0.717) is 5.69 Å². The van der Waals surface area contributed by atoms with Gasteiger partial charge in [0.05, 0.1) is 18.1 Å². The van der Waals surface area contributed by atoms with Crippen molar-refractivity contribution in [2.24, 2.45) is 0 Å². The minimum Gasteiger partial charge on any atom is -0.471 e. The van der Waals surface area contributed by atoms with Gasteiger partial charge in [-0.25, -0.2) is 9.36 Å². The molecule has 2 aromatic heterocycles. The Kier molecular flexibility index (Phi) is 6.98. The van der Waals surface area contributed by atoms with Crippen molar-refractivity contribution < 1.29 is 14.3 Å². The van der Waals surface area contributed by atoms with Crippen LogP contribution in [0.4, 0.5) is 5.69 Å². The second kappa shape index (κ2) is 10.8. The first kappa shape index (κ1) is 23.9. The number of nitrogens with one attached hydrogen (secondary N) is 1. The van der Waals surface area contributed by atoms with Gasteiger partial charge in [0.1, 0.15) is 11.5 Å². The number of rotatable bonds is 9. The fourth-order valence-electron chi connectivity index (χ4n) is 3.86. The summed E-state index contributed by atoms with van der Waals surface area (Å²) in [6, 6.07) is 25.7. The highest BCUT2D eigenvalue weighted by Crippen LogP contribution is 2.22. The highest BCUT2D eigenvalue weighted by Gasteiger charge is 2.12. The molecule has 186 valence electrons. The van der Waals surface area contributed by atoms with E-state index in [-0.39, 0.29) is 25.1 Å². The first-order valence-electron chi connectivity index (χ1n) is 11.9. The van der Waals surface area contributed by atoms with Gasteiger partial charge in [-0.1, -0.05) is 60.2 Å². The number of aryl methyl sites for hydroxylation is 2. The molecule has 0 aliphatic heterocycles. The third-order valence-electron chi connectivity index (χ3n) is 5.77. The highest BCUT2D eigenvalue weighted by molar-refractivity contribution is 6.02. The number of anilines is 1. The van der Waals surface area contributed by atoms with Crippen molar-refractivity contribution in [2.75, 3.05) is 5.32 Å². The number of hydrogen-bond acceptors (Lipinski definition) is 5. The van der Waals surface area contributed by atoms with Gasteiger partial charge in [0.15, 0.2) is 19.2 Å². The van der Waals surface area contributed by atoms with E-state index in [1.54, 1.807) is 34.0 Å². The van der Waals surface area contributed by atoms with Crippen LogP contribution in [0, 0.1) is 13.8 Å². The molecule has 0 aliphatic rings. The van der Waals surface area contributed by atoms with Crippen LogP contribution < -0.4 is 14.8 Å². The van der Waals surface area contributed by atoms with Gasteiger partial charge in [-0.05, 0) is 54.8 Å². The Morgan fingerprint density at radius 1 is 0.865 bits per heavy atom. The Balaban J connectivity index is 1.12. The number of amides is 1. The number of carbonyl (C=O) groups excluding carboxylic acids is 1. The summed E-state index contributed by atoms with van der Waals surface area (Å²) in [5, 5.41) is 11.4. The number of ether oxygens (including phenoxy) is 2. The molecule has 0 saturated carbocycles. The predicted molar refractivity (Wildman–Crippen MR) is 141 cm³/mol. The molecule has 1 amide bonds. The van der Waals surface area contributed by atoms with Gasteiger partial charge in [-0.2, -0.15) is 10.2 Å². The molecule has 8 heteroatoms. The van der Waals surface area contributed by atoms with Crippen LogP contribution in [0.15, 0.2) is 97.5 Å². The molecule has 0 fully saturated rings. The van der Waals surface area contributed by atoms with Crippen molar-refractivity contribution >= 4 is 11.6 Å². The smallest absolute Gasteiger partial charge is 0.276 e. The zero-order valence-electron chi connectivity index (χ0n) is 20.7. The minimum atomic E-state index is -0.333. The van der Waals surface area contributed by atoms with Crippen LogP contribution in [0.1, 0.15) is 21.6 Å². The van der Waals surface area contributed by atoms with E-state index < -0.39 is 0 Å². The fraction of sp³-hybridized carbons (Fsp3) is 0.138. The summed E-state index contributed by atoms with van der Waals surface area (Å²) in [6.45, 7) is 4.46. The van der Waals surface area contributed by atoms with E-state index in [0.717, 1.165) is 28.2 Å². The van der Waals surface area contributed by atoms with E-state index >= 15 is 0 Å². The number of benzene rings is 3. The number of carbonyl (C=O) groups is 1. The molecule has 0 saturated heterocycles. The summed E-state index contributed by atoms with van der Waals surface area (Å²) in [4.78, 5) is 12.6. The lowest BCUT2D eigenvalue weighted by atomic mass is 10.1. The Morgan fingerprint density at radius 2 is 1.62 bits per heavy atom. The molecule has 8 nitrogen and oxygen atoms in total. The van der Waals surface area contributed by atoms with E-state index in [2.05, 4.69) is 33.7 Å². The minimum absolute atomic E-state index is 0.186. The fourth-order valence-corrected chi connectivity index (χ4v) is 3.86. The van der Waals surface area contributed by atoms with Crippen molar-refractivity contribution in [3.05, 3.63) is 114 Å². The molecule has 0 atom stereocenters. The number of nitrogens with zero attached hydrogens (tertiary/aromatic N) is 4. The molecule has 1 N–H and O–H groups in total. The summed E-state index contributed by atoms with van der Waals surface area (Å²) >= 11 is 0. The van der Waals surface area contributed by atoms with Crippen molar-refractivity contribution in [3.63, 3.8) is 0 Å². The van der Waals surface area contributed by atoms with E-state index in [9.17, 15) is 4.79 Å². The number of hydrogen-bond donors (Lipinski definition) is 1. The Morgan fingerprint density at radius 3 is 2.41 bits per heavy atom. The maximum atomic E-state index is 12.6. The van der Waals surface area contributed by atoms with Crippen molar-refractivity contribution in [3.8, 4) is 22.6 Å². The first-order chi connectivity index (χ1) is 18.0. The molecule has 2 heterocycles. The van der Waals surface area contributed by atoms with Gasteiger partial charge >= 0.3 is 0 Å². The lowest BCUT2D eigenvalue weighted by Gasteiger charge is -2.09. The van der Waals surface area contributed by atoms with Crippen molar-refractivity contribution in [1.82, 2.24) is 19.6 Å². The van der Waals surface area contributed by atoms with Gasteiger partial charge in [0.25, 0.3) is 5.91 Å². The third kappa shape index (κ3) is 6.05. The van der Waals surface area contributed by atoms with Crippen LogP contribution in [-0.2, 0) is 13.5 Å². The summed E-state index contributed by atoms with van der Waals surface area (Å²) in [6.07, 6.45) is 4.98. The second-order valence-electron chi connectivity index (χ2n) is 8.67. The van der Waals surface area contributed by atoms with Gasteiger partial charge in [-0.15, -0.1) is 0 Å². The van der Waals surface area contributed by atoms with Gasteiger partial charge < -0.3 is 14.8 Å². The van der Waals surface area contributed by atoms with E-state index in [4.69, 9.17) is 9.47 Å². The molecule has 5 aromatic rings. The van der Waals surface area contributed by atoms with Gasteiger partial charge in [0, 0.05) is 6.20 Å². The Bertz CT molecular complexity index is 1490. The second-order valence-corrected chi connectivity index (χ2v) is 8.67. The number of aromatic nitrogens is 4. The average molecular weight is 494 g/mol. The Labute approximate surface area is 215 Å². The molecule has 3 aromatic carbocycles. The molecule has 5 rings (SSSR count). The van der Waals surface area contributed by atoms with Gasteiger partial charge in [0.2, 0.25) is 0 Å². The molecule has 0 radical (unpaired) electrons. The lowest BCUT2D eigenvalue weighted by Crippen LogP contribution is -2.14. The molecule has 0 unspecified atom stereocenters. The van der Waals surface area contributed by atoms with Crippen molar-refractivity contribution in [1.29, 1.82) is 0 Å². The zero-order chi connectivity index (χ0) is 25.6. The third-order valence-corrected chi connectivity index (χ3v) is 5.77. The van der Waals surface area contributed by atoms with Crippen LogP contribution in [0.5, 0.6) is 11.5 Å². The monoisotopic (exact) mass is 493 g/mol. The van der Waals surface area contributed by atoms with Crippen LogP contribution in [0.2, 0.25) is 0 Å². The van der Waals surface area contributed by atoms with Crippen molar-refractivity contribution in [2.45, 2.75) is 27.3 Å². The van der Waals surface area contributed by atoms with Crippen LogP contribution >= 0.6 is 0 Å². The zero-order valence-corrected chi connectivity index (χ0v) is 20.7. The summed E-state index contributed by atoms with van der Waals surface area (Å²) < 4.78 is 14.8. The quantitative estimate of drug-likeness (QED) is 0.285. The maximum absolute atomic E-state index is 12.6. The SMILES string of the molecule is Cc1ccc(OCn2cc(NC(=O)c3ccn(COc4ccc(-c5ccccc5)cc4)n3)cn2)c(C)c1. The van der Waals surface area contributed by atoms with Crippen LogP contribution in [-0.4, -0.2) is 25.5 Å². The average Bonchev–Trinajstić information content (AvgIpc) is 3.58.